The standard InChI is InChI=1S/C17H26N2O2S/c1-12(2)4-7-16(20)19-10-8-14(9-11-19)18-17(21)15-6-5-13(3)22-15/h5-6,12,14H,4,7-11H2,1-3H3,(H,18,21). The van der Waals surface area contributed by atoms with Crippen molar-refractivity contribution in [2.75, 3.05) is 13.1 Å². The first-order valence-electron chi connectivity index (χ1n) is 8.10. The lowest BCUT2D eigenvalue weighted by atomic mass is 10.0. The summed E-state index contributed by atoms with van der Waals surface area (Å²) < 4.78 is 0. The number of hydrogen-bond donors (Lipinski definition) is 1. The second kappa shape index (κ2) is 7.77. The van der Waals surface area contributed by atoms with E-state index < -0.39 is 0 Å². The fraction of sp³-hybridized carbons (Fsp3) is 0.647. The van der Waals surface area contributed by atoms with E-state index >= 15 is 0 Å². The molecule has 1 aromatic rings. The van der Waals surface area contributed by atoms with Gasteiger partial charge < -0.3 is 10.2 Å². The van der Waals surface area contributed by atoms with Crippen molar-refractivity contribution in [1.82, 2.24) is 10.2 Å². The summed E-state index contributed by atoms with van der Waals surface area (Å²) in [5, 5.41) is 3.09. The van der Waals surface area contributed by atoms with Crippen molar-refractivity contribution >= 4 is 23.2 Å². The third-order valence-corrected chi connectivity index (χ3v) is 5.08. The van der Waals surface area contributed by atoms with Gasteiger partial charge in [0.15, 0.2) is 0 Å². The Labute approximate surface area is 136 Å². The molecule has 0 radical (unpaired) electrons. The van der Waals surface area contributed by atoms with Gasteiger partial charge in [0.1, 0.15) is 0 Å². The SMILES string of the molecule is Cc1ccc(C(=O)NC2CCN(C(=O)CCC(C)C)CC2)s1. The monoisotopic (exact) mass is 322 g/mol. The van der Waals surface area contributed by atoms with Crippen LogP contribution in [-0.4, -0.2) is 35.8 Å². The van der Waals surface area contributed by atoms with Gasteiger partial charge in [-0.3, -0.25) is 9.59 Å². The van der Waals surface area contributed by atoms with Crippen LogP contribution < -0.4 is 5.32 Å². The van der Waals surface area contributed by atoms with E-state index in [0.29, 0.717) is 12.3 Å². The lowest BCUT2D eigenvalue weighted by Crippen LogP contribution is -2.46. The number of carbonyl (C=O) groups excluding carboxylic acids is 2. The van der Waals surface area contributed by atoms with Crippen molar-refractivity contribution in [2.24, 2.45) is 5.92 Å². The molecule has 1 aliphatic heterocycles. The van der Waals surface area contributed by atoms with Gasteiger partial charge in [-0.2, -0.15) is 0 Å². The molecule has 0 spiro atoms. The summed E-state index contributed by atoms with van der Waals surface area (Å²) >= 11 is 1.52. The molecule has 0 saturated carbocycles. The summed E-state index contributed by atoms with van der Waals surface area (Å²) in [6.45, 7) is 7.79. The summed E-state index contributed by atoms with van der Waals surface area (Å²) in [5.74, 6) is 0.838. The second-order valence-electron chi connectivity index (χ2n) is 6.47. The highest BCUT2D eigenvalue weighted by Gasteiger charge is 2.24. The molecule has 0 aliphatic carbocycles. The van der Waals surface area contributed by atoms with Gasteiger partial charge in [-0.25, -0.2) is 0 Å². The molecule has 4 nitrogen and oxygen atoms in total. The molecule has 1 fully saturated rings. The van der Waals surface area contributed by atoms with Crippen LogP contribution >= 0.6 is 11.3 Å². The fourth-order valence-corrected chi connectivity index (χ4v) is 3.43. The van der Waals surface area contributed by atoms with E-state index in [2.05, 4.69) is 19.2 Å². The number of thiophene rings is 1. The molecule has 2 rings (SSSR count). The molecule has 0 bridgehead atoms. The zero-order chi connectivity index (χ0) is 16.1. The average Bonchev–Trinajstić information content (AvgIpc) is 2.92. The van der Waals surface area contributed by atoms with E-state index in [-0.39, 0.29) is 17.9 Å². The van der Waals surface area contributed by atoms with Crippen LogP contribution in [0.1, 0.15) is 54.1 Å². The minimum Gasteiger partial charge on any atom is -0.348 e. The molecule has 5 heteroatoms. The Hall–Kier alpha value is -1.36. The molecule has 1 saturated heterocycles. The lowest BCUT2D eigenvalue weighted by molar-refractivity contribution is -0.132. The van der Waals surface area contributed by atoms with Gasteiger partial charge in [0.2, 0.25) is 5.91 Å². The van der Waals surface area contributed by atoms with Gasteiger partial charge in [0, 0.05) is 30.4 Å². The molecular formula is C17H26N2O2S. The van der Waals surface area contributed by atoms with E-state index in [9.17, 15) is 9.59 Å². The number of carbonyl (C=O) groups is 2. The Morgan fingerprint density at radius 1 is 1.32 bits per heavy atom. The Kier molecular flexibility index (Phi) is 6.00. The van der Waals surface area contributed by atoms with Crippen LogP contribution in [0.5, 0.6) is 0 Å². The van der Waals surface area contributed by atoms with E-state index in [1.807, 2.05) is 24.0 Å². The maximum absolute atomic E-state index is 12.1. The molecular weight excluding hydrogens is 296 g/mol. The summed E-state index contributed by atoms with van der Waals surface area (Å²) in [6.07, 6.45) is 3.30. The van der Waals surface area contributed by atoms with E-state index in [1.165, 1.54) is 11.3 Å². The zero-order valence-corrected chi connectivity index (χ0v) is 14.5. The number of nitrogens with one attached hydrogen (secondary N) is 1. The van der Waals surface area contributed by atoms with Gasteiger partial charge in [0.05, 0.1) is 4.88 Å². The van der Waals surface area contributed by atoms with Crippen molar-refractivity contribution < 1.29 is 9.59 Å². The number of aryl methyl sites for hydroxylation is 1. The largest absolute Gasteiger partial charge is 0.348 e. The van der Waals surface area contributed by atoms with Crippen molar-refractivity contribution in [3.63, 3.8) is 0 Å². The lowest BCUT2D eigenvalue weighted by Gasteiger charge is -2.32. The van der Waals surface area contributed by atoms with Crippen molar-refractivity contribution in [3.8, 4) is 0 Å². The minimum atomic E-state index is 0.0164. The van der Waals surface area contributed by atoms with Gasteiger partial charge >= 0.3 is 0 Å². The highest BCUT2D eigenvalue weighted by molar-refractivity contribution is 7.13. The molecule has 1 aliphatic rings. The maximum atomic E-state index is 12.1. The van der Waals surface area contributed by atoms with Gasteiger partial charge in [0.25, 0.3) is 5.91 Å². The minimum absolute atomic E-state index is 0.0164. The maximum Gasteiger partial charge on any atom is 0.261 e. The second-order valence-corrected chi connectivity index (χ2v) is 7.76. The number of nitrogens with zero attached hydrogens (tertiary/aromatic N) is 1. The molecule has 1 aromatic heterocycles. The van der Waals surface area contributed by atoms with E-state index in [4.69, 9.17) is 0 Å². The van der Waals surface area contributed by atoms with Crippen LogP contribution in [0.15, 0.2) is 12.1 Å². The summed E-state index contributed by atoms with van der Waals surface area (Å²) in [6, 6.07) is 4.03. The molecule has 122 valence electrons. The van der Waals surface area contributed by atoms with Crippen LogP contribution in [0, 0.1) is 12.8 Å². The van der Waals surface area contributed by atoms with Gasteiger partial charge in [-0.05, 0) is 44.2 Å². The topological polar surface area (TPSA) is 49.4 Å². The van der Waals surface area contributed by atoms with Gasteiger partial charge in [-0.15, -0.1) is 11.3 Å². The fourth-order valence-electron chi connectivity index (χ4n) is 2.66. The first-order valence-corrected chi connectivity index (χ1v) is 8.92. The molecule has 0 unspecified atom stereocenters. The number of amides is 2. The van der Waals surface area contributed by atoms with Crippen molar-refractivity contribution in [3.05, 3.63) is 21.9 Å². The predicted octanol–water partition coefficient (Wildman–Crippen LogP) is 3.21. The zero-order valence-electron chi connectivity index (χ0n) is 13.7. The average molecular weight is 322 g/mol. The first kappa shape index (κ1) is 17.0. The third-order valence-electron chi connectivity index (χ3n) is 4.08. The molecule has 1 N–H and O–H groups in total. The summed E-state index contributed by atoms with van der Waals surface area (Å²) in [4.78, 5) is 28.1. The van der Waals surface area contributed by atoms with Crippen LogP contribution in [0.2, 0.25) is 0 Å². The van der Waals surface area contributed by atoms with Crippen LogP contribution in [0.25, 0.3) is 0 Å². The van der Waals surface area contributed by atoms with Crippen LogP contribution in [0.3, 0.4) is 0 Å². The number of rotatable bonds is 5. The smallest absolute Gasteiger partial charge is 0.261 e. The quantitative estimate of drug-likeness (QED) is 0.905. The van der Waals surface area contributed by atoms with Crippen molar-refractivity contribution in [1.29, 1.82) is 0 Å². The molecule has 0 atom stereocenters. The van der Waals surface area contributed by atoms with Crippen LogP contribution in [0.4, 0.5) is 0 Å². The Bertz CT molecular complexity index is 516. The van der Waals surface area contributed by atoms with E-state index in [0.717, 1.165) is 42.1 Å². The third kappa shape index (κ3) is 4.83. The van der Waals surface area contributed by atoms with E-state index in [1.54, 1.807) is 0 Å². The normalized spacial score (nSPS) is 16.1. The first-order chi connectivity index (χ1) is 10.5. The summed E-state index contributed by atoms with van der Waals surface area (Å²) in [5.41, 5.74) is 0. The number of hydrogen-bond acceptors (Lipinski definition) is 3. The molecule has 22 heavy (non-hydrogen) atoms. The molecule has 2 amide bonds. The number of piperidine rings is 1. The number of likely N-dealkylation sites (tertiary alicyclic amines) is 1. The molecule has 2 heterocycles. The van der Waals surface area contributed by atoms with Crippen LogP contribution in [-0.2, 0) is 4.79 Å². The molecule has 0 aromatic carbocycles. The van der Waals surface area contributed by atoms with Gasteiger partial charge in [-0.1, -0.05) is 13.8 Å². The van der Waals surface area contributed by atoms with Crippen molar-refractivity contribution in [2.45, 2.75) is 52.5 Å². The summed E-state index contributed by atoms with van der Waals surface area (Å²) in [7, 11) is 0. The predicted molar refractivity (Wildman–Crippen MR) is 90.2 cm³/mol. The Morgan fingerprint density at radius 2 is 2.00 bits per heavy atom. The Morgan fingerprint density at radius 3 is 2.55 bits per heavy atom. The highest BCUT2D eigenvalue weighted by atomic mass is 32.1. The highest BCUT2D eigenvalue weighted by Crippen LogP contribution is 2.17. The Balaban J connectivity index is 1.75.